The van der Waals surface area contributed by atoms with Crippen molar-refractivity contribution in [3.63, 3.8) is 0 Å². The van der Waals surface area contributed by atoms with Gasteiger partial charge in [-0.05, 0) is 24.0 Å². The van der Waals surface area contributed by atoms with Crippen LogP contribution in [0, 0.1) is 5.92 Å². The number of carbonyl (C=O) groups is 2. The van der Waals surface area contributed by atoms with Gasteiger partial charge >= 0.3 is 0 Å². The first-order chi connectivity index (χ1) is 8.99. The number of rotatable bonds is 5. The molecular formula is C14H19ClN2O2. The first-order valence-electron chi connectivity index (χ1n) is 6.30. The fourth-order valence-corrected chi connectivity index (χ4v) is 1.80. The second-order valence-electron chi connectivity index (χ2n) is 4.79. The van der Waals surface area contributed by atoms with E-state index >= 15 is 0 Å². The number of amides is 2. The predicted octanol–water partition coefficient (Wildman–Crippen LogP) is 2.47. The van der Waals surface area contributed by atoms with Crippen molar-refractivity contribution in [2.45, 2.75) is 33.1 Å². The molecule has 2 amide bonds. The summed E-state index contributed by atoms with van der Waals surface area (Å²) in [5.74, 6) is -0.141. The monoisotopic (exact) mass is 282 g/mol. The first-order valence-corrected chi connectivity index (χ1v) is 6.68. The number of nitrogens with one attached hydrogen (secondary N) is 2. The molecule has 1 aromatic rings. The Morgan fingerprint density at radius 2 is 1.79 bits per heavy atom. The Labute approximate surface area is 118 Å². The molecule has 0 aliphatic rings. The third kappa shape index (κ3) is 6.25. The molecule has 104 valence electrons. The number of hydrazine groups is 1. The lowest BCUT2D eigenvalue weighted by atomic mass is 10.1. The van der Waals surface area contributed by atoms with Crippen LogP contribution in [0.3, 0.4) is 0 Å². The lowest BCUT2D eigenvalue weighted by Crippen LogP contribution is -2.42. The van der Waals surface area contributed by atoms with Crippen molar-refractivity contribution in [1.29, 1.82) is 0 Å². The number of halogens is 1. The van der Waals surface area contributed by atoms with Gasteiger partial charge in [0.15, 0.2) is 0 Å². The molecular weight excluding hydrogens is 264 g/mol. The molecule has 1 rings (SSSR count). The normalized spacial score (nSPS) is 10.3. The van der Waals surface area contributed by atoms with Crippen molar-refractivity contribution < 1.29 is 9.59 Å². The predicted molar refractivity (Wildman–Crippen MR) is 75.5 cm³/mol. The van der Waals surface area contributed by atoms with Gasteiger partial charge in [-0.25, -0.2) is 0 Å². The summed E-state index contributed by atoms with van der Waals surface area (Å²) in [6.07, 6.45) is 1.22. The van der Waals surface area contributed by atoms with Crippen LogP contribution in [-0.2, 0) is 16.0 Å². The zero-order chi connectivity index (χ0) is 14.3. The molecule has 0 unspecified atom stereocenters. The summed E-state index contributed by atoms with van der Waals surface area (Å²) < 4.78 is 0. The van der Waals surface area contributed by atoms with Crippen LogP contribution in [0.1, 0.15) is 32.3 Å². The molecule has 0 bridgehead atoms. The van der Waals surface area contributed by atoms with Gasteiger partial charge in [-0.2, -0.15) is 0 Å². The molecule has 0 spiro atoms. The minimum Gasteiger partial charge on any atom is -0.273 e. The molecule has 4 nitrogen and oxygen atoms in total. The lowest BCUT2D eigenvalue weighted by Gasteiger charge is -2.09. The van der Waals surface area contributed by atoms with E-state index in [0.717, 1.165) is 5.56 Å². The molecule has 1 aromatic carbocycles. The lowest BCUT2D eigenvalue weighted by molar-refractivity contribution is -0.129. The smallest absolute Gasteiger partial charge is 0.238 e. The number of benzene rings is 1. The zero-order valence-corrected chi connectivity index (χ0v) is 12.0. The Morgan fingerprint density at radius 3 is 2.42 bits per heavy atom. The van der Waals surface area contributed by atoms with Crippen LogP contribution in [0.15, 0.2) is 24.3 Å². The van der Waals surface area contributed by atoms with Crippen molar-refractivity contribution in [3.05, 3.63) is 34.9 Å². The van der Waals surface area contributed by atoms with E-state index in [1.807, 2.05) is 32.0 Å². The third-order valence-corrected chi connectivity index (χ3v) is 2.88. The van der Waals surface area contributed by atoms with Crippen molar-refractivity contribution in [1.82, 2.24) is 10.9 Å². The van der Waals surface area contributed by atoms with Crippen molar-refractivity contribution in [3.8, 4) is 0 Å². The largest absolute Gasteiger partial charge is 0.273 e. The van der Waals surface area contributed by atoms with E-state index in [9.17, 15) is 9.59 Å². The van der Waals surface area contributed by atoms with E-state index in [4.69, 9.17) is 11.6 Å². The van der Waals surface area contributed by atoms with E-state index in [1.54, 1.807) is 6.07 Å². The Hall–Kier alpha value is -1.55. The van der Waals surface area contributed by atoms with Crippen LogP contribution in [0.4, 0.5) is 0 Å². The van der Waals surface area contributed by atoms with Gasteiger partial charge in [0.1, 0.15) is 0 Å². The Morgan fingerprint density at radius 1 is 1.16 bits per heavy atom. The molecule has 0 aromatic heterocycles. The number of carbonyl (C=O) groups excluding carboxylic acids is 2. The van der Waals surface area contributed by atoms with Crippen molar-refractivity contribution in [2.75, 3.05) is 0 Å². The van der Waals surface area contributed by atoms with Gasteiger partial charge in [-0.15, -0.1) is 0 Å². The van der Waals surface area contributed by atoms with E-state index in [-0.39, 0.29) is 24.2 Å². The summed E-state index contributed by atoms with van der Waals surface area (Å²) in [5.41, 5.74) is 5.71. The summed E-state index contributed by atoms with van der Waals surface area (Å²) >= 11 is 5.99. The molecule has 0 saturated carbocycles. The fraction of sp³-hybridized carbons (Fsp3) is 0.429. The van der Waals surface area contributed by atoms with Gasteiger partial charge in [-0.3, -0.25) is 20.4 Å². The number of hydrogen-bond acceptors (Lipinski definition) is 2. The topological polar surface area (TPSA) is 58.2 Å². The highest BCUT2D eigenvalue weighted by molar-refractivity contribution is 6.31. The Balaban J connectivity index is 2.29. The molecule has 0 aliphatic heterocycles. The highest BCUT2D eigenvalue weighted by Crippen LogP contribution is 2.16. The van der Waals surface area contributed by atoms with Crippen LogP contribution in [0.25, 0.3) is 0 Å². The molecule has 5 heteroatoms. The standard InChI is InChI=1S/C14H19ClN2O2/c1-10(2)9-14(19)17-16-13(18)8-7-11-5-3-4-6-12(11)15/h3-6,10H,7-9H2,1-2H3,(H,16,18)(H,17,19). The maximum absolute atomic E-state index is 11.5. The van der Waals surface area contributed by atoms with Gasteiger partial charge in [-0.1, -0.05) is 43.6 Å². The zero-order valence-electron chi connectivity index (χ0n) is 11.2. The second-order valence-corrected chi connectivity index (χ2v) is 5.19. The van der Waals surface area contributed by atoms with Crippen LogP contribution >= 0.6 is 11.6 Å². The van der Waals surface area contributed by atoms with Gasteiger partial charge < -0.3 is 0 Å². The van der Waals surface area contributed by atoms with E-state index < -0.39 is 0 Å². The second kappa shape index (κ2) is 7.79. The van der Waals surface area contributed by atoms with E-state index in [0.29, 0.717) is 17.9 Å². The van der Waals surface area contributed by atoms with E-state index in [2.05, 4.69) is 10.9 Å². The Kier molecular flexibility index (Phi) is 6.36. The van der Waals surface area contributed by atoms with Gasteiger partial charge in [0.2, 0.25) is 11.8 Å². The summed E-state index contributed by atoms with van der Waals surface area (Å²) in [4.78, 5) is 22.9. The summed E-state index contributed by atoms with van der Waals surface area (Å²) in [6, 6.07) is 7.40. The fourth-order valence-electron chi connectivity index (χ4n) is 1.57. The maximum atomic E-state index is 11.5. The molecule has 19 heavy (non-hydrogen) atoms. The third-order valence-electron chi connectivity index (χ3n) is 2.51. The number of hydrogen-bond donors (Lipinski definition) is 2. The average Bonchev–Trinajstić information content (AvgIpc) is 2.34. The molecule has 0 atom stereocenters. The molecule has 0 saturated heterocycles. The minimum atomic E-state index is -0.225. The van der Waals surface area contributed by atoms with Gasteiger partial charge in [0.05, 0.1) is 0 Å². The van der Waals surface area contributed by atoms with Crippen molar-refractivity contribution >= 4 is 23.4 Å². The molecule has 2 N–H and O–H groups in total. The van der Waals surface area contributed by atoms with Gasteiger partial charge in [0, 0.05) is 17.9 Å². The summed E-state index contributed by atoms with van der Waals surface area (Å²) in [6.45, 7) is 3.89. The highest BCUT2D eigenvalue weighted by atomic mass is 35.5. The summed E-state index contributed by atoms with van der Waals surface area (Å²) in [7, 11) is 0. The Bertz CT molecular complexity index is 447. The highest BCUT2D eigenvalue weighted by Gasteiger charge is 2.07. The van der Waals surface area contributed by atoms with Crippen molar-refractivity contribution in [2.24, 2.45) is 5.92 Å². The maximum Gasteiger partial charge on any atom is 0.238 e. The van der Waals surface area contributed by atoms with Crippen LogP contribution in [-0.4, -0.2) is 11.8 Å². The minimum absolute atomic E-state index is 0.180. The first kappa shape index (κ1) is 15.5. The molecule has 0 aliphatic carbocycles. The van der Waals surface area contributed by atoms with Crippen LogP contribution in [0.5, 0.6) is 0 Å². The molecule has 0 radical (unpaired) electrons. The quantitative estimate of drug-likeness (QED) is 0.815. The average molecular weight is 283 g/mol. The summed E-state index contributed by atoms with van der Waals surface area (Å²) in [5, 5.41) is 0.652. The van der Waals surface area contributed by atoms with Crippen LogP contribution < -0.4 is 10.9 Å². The van der Waals surface area contributed by atoms with E-state index in [1.165, 1.54) is 0 Å². The molecule has 0 heterocycles. The number of aryl methyl sites for hydroxylation is 1. The molecule has 0 fully saturated rings. The SMILES string of the molecule is CC(C)CC(=O)NNC(=O)CCc1ccccc1Cl. The van der Waals surface area contributed by atoms with Gasteiger partial charge in [0.25, 0.3) is 0 Å². The van der Waals surface area contributed by atoms with Crippen LogP contribution in [0.2, 0.25) is 5.02 Å².